The molecule has 0 atom stereocenters. The van der Waals surface area contributed by atoms with Gasteiger partial charge in [-0.15, -0.1) is 0 Å². The number of nitrogens with one attached hydrogen (secondary N) is 2. The molecule has 0 unspecified atom stereocenters. The molecule has 0 saturated heterocycles. The molecule has 0 spiro atoms. The lowest BCUT2D eigenvalue weighted by Crippen LogP contribution is -2.39. The van der Waals surface area contributed by atoms with Crippen LogP contribution in [0.2, 0.25) is 0 Å². The molecule has 8 nitrogen and oxygen atoms in total. The monoisotopic (exact) mass is 435 g/mol. The molecule has 32 heavy (non-hydrogen) atoms. The molecule has 164 valence electrons. The average Bonchev–Trinajstić information content (AvgIpc) is 2.79. The number of halogens is 1. The molecule has 2 heterocycles. The fourth-order valence-corrected chi connectivity index (χ4v) is 3.55. The van der Waals surface area contributed by atoms with Crippen molar-refractivity contribution in [2.45, 2.75) is 6.54 Å². The van der Waals surface area contributed by atoms with Gasteiger partial charge in [0.15, 0.2) is 0 Å². The van der Waals surface area contributed by atoms with Crippen molar-refractivity contribution in [3.63, 3.8) is 0 Å². The van der Waals surface area contributed by atoms with Crippen molar-refractivity contribution in [2.75, 3.05) is 13.6 Å². The molecule has 1 aliphatic rings. The SMILES string of the molecule is CN1C=C(CNC(=O)c2ccc3c(c2)c(=O)n(Cc2ccc(F)cc2)c(=O)n3C)C=CN1. The molecule has 0 saturated carbocycles. The Bertz CT molecular complexity index is 1370. The van der Waals surface area contributed by atoms with Crippen LogP contribution in [0.25, 0.3) is 10.9 Å². The minimum absolute atomic E-state index is 0.000192. The van der Waals surface area contributed by atoms with E-state index in [4.69, 9.17) is 0 Å². The first-order chi connectivity index (χ1) is 15.3. The highest BCUT2D eigenvalue weighted by molar-refractivity contribution is 5.98. The van der Waals surface area contributed by atoms with Gasteiger partial charge in [0.25, 0.3) is 11.5 Å². The number of nitrogens with zero attached hydrogens (tertiary/aromatic N) is 3. The number of aryl methyl sites for hydroxylation is 1. The maximum absolute atomic E-state index is 13.2. The number of fused-ring (bicyclic) bond motifs is 1. The zero-order valence-electron chi connectivity index (χ0n) is 17.6. The molecule has 0 bridgehead atoms. The third-order valence-electron chi connectivity index (χ3n) is 5.26. The van der Waals surface area contributed by atoms with Gasteiger partial charge in [-0.1, -0.05) is 12.1 Å². The Labute approximate surface area is 182 Å². The number of hydrogen-bond donors (Lipinski definition) is 2. The number of hydrogen-bond acceptors (Lipinski definition) is 5. The van der Waals surface area contributed by atoms with Crippen molar-refractivity contribution in [2.24, 2.45) is 7.05 Å². The first-order valence-electron chi connectivity index (χ1n) is 9.96. The maximum atomic E-state index is 13.2. The van der Waals surface area contributed by atoms with Crippen molar-refractivity contribution < 1.29 is 9.18 Å². The summed E-state index contributed by atoms with van der Waals surface area (Å²) in [5, 5.41) is 4.85. The van der Waals surface area contributed by atoms with E-state index >= 15 is 0 Å². The molecule has 2 aromatic carbocycles. The molecular formula is C23H22FN5O3. The van der Waals surface area contributed by atoms with Gasteiger partial charge in [-0.2, -0.15) is 0 Å². The van der Waals surface area contributed by atoms with Crippen LogP contribution in [0.4, 0.5) is 4.39 Å². The van der Waals surface area contributed by atoms with Crippen LogP contribution >= 0.6 is 0 Å². The van der Waals surface area contributed by atoms with Crippen LogP contribution in [0.3, 0.4) is 0 Å². The summed E-state index contributed by atoms with van der Waals surface area (Å²) in [7, 11) is 3.41. The van der Waals surface area contributed by atoms with Crippen molar-refractivity contribution >= 4 is 16.8 Å². The molecule has 0 radical (unpaired) electrons. The first kappa shape index (κ1) is 21.1. The molecule has 1 amide bonds. The van der Waals surface area contributed by atoms with Crippen LogP contribution in [0.15, 0.2) is 76.1 Å². The van der Waals surface area contributed by atoms with Crippen molar-refractivity contribution in [3.05, 3.63) is 104 Å². The number of amides is 1. The van der Waals surface area contributed by atoms with Gasteiger partial charge in [0.1, 0.15) is 5.82 Å². The van der Waals surface area contributed by atoms with Crippen LogP contribution in [-0.4, -0.2) is 33.6 Å². The van der Waals surface area contributed by atoms with Crippen molar-refractivity contribution in [1.82, 2.24) is 24.9 Å². The number of rotatable bonds is 5. The maximum Gasteiger partial charge on any atom is 0.331 e. The topological polar surface area (TPSA) is 88.4 Å². The van der Waals surface area contributed by atoms with Crippen LogP contribution in [0.5, 0.6) is 0 Å². The lowest BCUT2D eigenvalue weighted by Gasteiger charge is -2.19. The first-order valence-corrected chi connectivity index (χ1v) is 9.96. The highest BCUT2D eigenvalue weighted by Crippen LogP contribution is 2.12. The van der Waals surface area contributed by atoms with E-state index in [1.165, 1.54) is 34.9 Å². The van der Waals surface area contributed by atoms with Gasteiger partial charge in [-0.3, -0.25) is 23.7 Å². The Morgan fingerprint density at radius 2 is 1.84 bits per heavy atom. The second-order valence-electron chi connectivity index (χ2n) is 7.55. The number of aromatic nitrogens is 2. The summed E-state index contributed by atoms with van der Waals surface area (Å²) in [6, 6.07) is 10.3. The Morgan fingerprint density at radius 3 is 2.56 bits per heavy atom. The summed E-state index contributed by atoms with van der Waals surface area (Å²) in [6.07, 6.45) is 5.47. The molecule has 0 fully saturated rings. The third kappa shape index (κ3) is 4.18. The zero-order chi connectivity index (χ0) is 22.8. The van der Waals surface area contributed by atoms with Crippen LogP contribution < -0.4 is 22.0 Å². The lowest BCUT2D eigenvalue weighted by atomic mass is 10.1. The van der Waals surface area contributed by atoms with Gasteiger partial charge in [-0.25, -0.2) is 9.18 Å². The fourth-order valence-electron chi connectivity index (χ4n) is 3.55. The zero-order valence-corrected chi connectivity index (χ0v) is 17.6. The van der Waals surface area contributed by atoms with E-state index in [0.29, 0.717) is 23.2 Å². The molecule has 2 N–H and O–H groups in total. The predicted molar refractivity (Wildman–Crippen MR) is 119 cm³/mol. The Morgan fingerprint density at radius 1 is 1.09 bits per heavy atom. The molecule has 3 aromatic rings. The predicted octanol–water partition coefficient (Wildman–Crippen LogP) is 1.46. The van der Waals surface area contributed by atoms with Gasteiger partial charge < -0.3 is 10.7 Å². The van der Waals surface area contributed by atoms with Gasteiger partial charge in [0.2, 0.25) is 0 Å². The van der Waals surface area contributed by atoms with E-state index in [1.54, 1.807) is 30.4 Å². The quantitative estimate of drug-likeness (QED) is 0.634. The molecular weight excluding hydrogens is 413 g/mol. The third-order valence-corrected chi connectivity index (χ3v) is 5.26. The molecule has 4 rings (SSSR count). The summed E-state index contributed by atoms with van der Waals surface area (Å²) in [4.78, 5) is 38.5. The van der Waals surface area contributed by atoms with Crippen LogP contribution in [0.1, 0.15) is 15.9 Å². The van der Waals surface area contributed by atoms with Gasteiger partial charge >= 0.3 is 5.69 Å². The summed E-state index contributed by atoms with van der Waals surface area (Å²) >= 11 is 0. The second kappa shape index (κ2) is 8.54. The van der Waals surface area contributed by atoms with Crippen molar-refractivity contribution in [3.8, 4) is 0 Å². The highest BCUT2D eigenvalue weighted by Gasteiger charge is 2.15. The summed E-state index contributed by atoms with van der Waals surface area (Å²) in [5.41, 5.74) is 4.24. The Hall–Kier alpha value is -4.14. The largest absolute Gasteiger partial charge is 0.348 e. The normalized spacial score (nSPS) is 13.1. The highest BCUT2D eigenvalue weighted by atomic mass is 19.1. The van der Waals surface area contributed by atoms with E-state index in [2.05, 4.69) is 10.7 Å². The van der Waals surface area contributed by atoms with Crippen LogP contribution in [0, 0.1) is 5.82 Å². The van der Waals surface area contributed by atoms with Crippen LogP contribution in [-0.2, 0) is 13.6 Å². The molecule has 9 heteroatoms. The second-order valence-corrected chi connectivity index (χ2v) is 7.55. The molecule has 1 aromatic heterocycles. The minimum atomic E-state index is -0.507. The fraction of sp³-hybridized carbons (Fsp3) is 0.174. The van der Waals surface area contributed by atoms with E-state index in [1.807, 2.05) is 19.3 Å². The minimum Gasteiger partial charge on any atom is -0.348 e. The van der Waals surface area contributed by atoms with Gasteiger partial charge in [0.05, 0.1) is 17.4 Å². The summed E-state index contributed by atoms with van der Waals surface area (Å²) in [6.45, 7) is 0.321. The van der Waals surface area contributed by atoms with Gasteiger partial charge in [-0.05, 0) is 47.5 Å². The Kier molecular flexibility index (Phi) is 5.63. The smallest absolute Gasteiger partial charge is 0.331 e. The Balaban J connectivity index is 1.66. The number of hydrazine groups is 1. The van der Waals surface area contributed by atoms with E-state index < -0.39 is 17.1 Å². The lowest BCUT2D eigenvalue weighted by molar-refractivity contribution is 0.0957. The number of carbonyl (C=O) groups is 1. The standard InChI is InChI=1S/C23H22FN5O3/c1-27-13-16(9-10-26-27)12-25-21(30)17-5-8-20-19(11-17)22(31)29(23(32)28(20)2)14-15-3-6-18(24)7-4-15/h3-11,13,26H,12,14H2,1-2H3,(H,25,30). The van der Waals surface area contributed by atoms with Crippen molar-refractivity contribution in [1.29, 1.82) is 0 Å². The summed E-state index contributed by atoms with van der Waals surface area (Å²) in [5.74, 6) is -0.730. The van der Waals surface area contributed by atoms with E-state index in [0.717, 1.165) is 10.1 Å². The number of carbonyl (C=O) groups excluding carboxylic acids is 1. The molecule has 0 aliphatic carbocycles. The average molecular weight is 435 g/mol. The summed E-state index contributed by atoms with van der Waals surface area (Å²) < 4.78 is 15.6. The van der Waals surface area contributed by atoms with E-state index in [9.17, 15) is 18.8 Å². The molecule has 1 aliphatic heterocycles. The number of benzene rings is 2. The van der Waals surface area contributed by atoms with E-state index in [-0.39, 0.29) is 17.8 Å². The van der Waals surface area contributed by atoms with Gasteiger partial charge in [0, 0.05) is 38.6 Å².